The van der Waals surface area contributed by atoms with Gasteiger partial charge >= 0.3 is 0 Å². The average molecular weight is 211 g/mol. The Hall–Kier alpha value is -1.59. The molecule has 0 spiro atoms. The summed E-state index contributed by atoms with van der Waals surface area (Å²) >= 11 is 0. The monoisotopic (exact) mass is 211 g/mol. The minimum Gasteiger partial charge on any atom is -0.366 e. The van der Waals surface area contributed by atoms with E-state index in [0.29, 0.717) is 0 Å². The van der Waals surface area contributed by atoms with Gasteiger partial charge in [-0.25, -0.2) is 0 Å². The number of carbonyl (C=O) groups is 1. The number of amides is 1. The SMILES string of the molecule is CCC(CC)N(C)C(=O)c1nc(N)n[nH]1. The molecule has 15 heavy (non-hydrogen) atoms. The lowest BCUT2D eigenvalue weighted by atomic mass is 10.1. The molecule has 0 aliphatic rings. The highest BCUT2D eigenvalue weighted by atomic mass is 16.2. The van der Waals surface area contributed by atoms with Crippen molar-refractivity contribution in [3.05, 3.63) is 5.82 Å². The fourth-order valence-corrected chi connectivity index (χ4v) is 1.54. The summed E-state index contributed by atoms with van der Waals surface area (Å²) in [5.74, 6) is 0.117. The highest BCUT2D eigenvalue weighted by Gasteiger charge is 2.20. The highest BCUT2D eigenvalue weighted by Crippen LogP contribution is 2.09. The summed E-state index contributed by atoms with van der Waals surface area (Å²) in [6.45, 7) is 4.10. The molecule has 0 aromatic carbocycles. The summed E-state index contributed by atoms with van der Waals surface area (Å²) in [7, 11) is 1.76. The lowest BCUT2D eigenvalue weighted by Gasteiger charge is -2.25. The predicted molar refractivity (Wildman–Crippen MR) is 57.3 cm³/mol. The normalized spacial score (nSPS) is 10.7. The van der Waals surface area contributed by atoms with Crippen molar-refractivity contribution in [2.24, 2.45) is 0 Å². The lowest BCUT2D eigenvalue weighted by Crippen LogP contribution is -2.36. The van der Waals surface area contributed by atoms with Crippen molar-refractivity contribution in [3.8, 4) is 0 Å². The molecule has 0 bridgehead atoms. The molecule has 1 amide bonds. The third-order valence-corrected chi connectivity index (χ3v) is 2.52. The Morgan fingerprint density at radius 2 is 2.13 bits per heavy atom. The first-order valence-electron chi connectivity index (χ1n) is 5.05. The van der Waals surface area contributed by atoms with E-state index in [9.17, 15) is 4.79 Å². The summed E-state index contributed by atoms with van der Waals surface area (Å²) in [5.41, 5.74) is 5.33. The summed E-state index contributed by atoms with van der Waals surface area (Å²) in [4.78, 5) is 17.3. The Morgan fingerprint density at radius 1 is 1.53 bits per heavy atom. The molecule has 0 saturated carbocycles. The van der Waals surface area contributed by atoms with Crippen LogP contribution in [-0.4, -0.2) is 39.1 Å². The van der Waals surface area contributed by atoms with Crippen LogP contribution in [0.2, 0.25) is 0 Å². The summed E-state index contributed by atoms with van der Waals surface area (Å²) in [6, 6.07) is 0.226. The number of hydrogen-bond acceptors (Lipinski definition) is 4. The first-order chi connectivity index (χ1) is 7.10. The van der Waals surface area contributed by atoms with Crippen LogP contribution in [0.25, 0.3) is 0 Å². The molecule has 3 N–H and O–H groups in total. The molecule has 0 atom stereocenters. The van der Waals surface area contributed by atoms with E-state index in [1.165, 1.54) is 0 Å². The van der Waals surface area contributed by atoms with E-state index in [-0.39, 0.29) is 23.7 Å². The zero-order valence-corrected chi connectivity index (χ0v) is 9.32. The molecular weight excluding hydrogens is 194 g/mol. The fraction of sp³-hybridized carbons (Fsp3) is 0.667. The molecule has 0 saturated heterocycles. The molecule has 1 rings (SSSR count). The number of hydrogen-bond donors (Lipinski definition) is 2. The van der Waals surface area contributed by atoms with E-state index in [2.05, 4.69) is 15.2 Å². The van der Waals surface area contributed by atoms with E-state index in [1.54, 1.807) is 11.9 Å². The second kappa shape index (κ2) is 4.77. The fourth-order valence-electron chi connectivity index (χ4n) is 1.54. The van der Waals surface area contributed by atoms with Crippen LogP contribution in [0, 0.1) is 0 Å². The van der Waals surface area contributed by atoms with Gasteiger partial charge in [0.25, 0.3) is 5.91 Å². The van der Waals surface area contributed by atoms with Crippen LogP contribution in [0.4, 0.5) is 5.95 Å². The molecule has 84 valence electrons. The molecule has 0 unspecified atom stereocenters. The predicted octanol–water partition coefficient (Wildman–Crippen LogP) is 0.647. The van der Waals surface area contributed by atoms with Crippen LogP contribution in [0.1, 0.15) is 37.3 Å². The Morgan fingerprint density at radius 3 is 2.53 bits per heavy atom. The minimum atomic E-state index is -0.173. The molecule has 0 radical (unpaired) electrons. The van der Waals surface area contributed by atoms with E-state index < -0.39 is 0 Å². The Labute approximate surface area is 88.9 Å². The summed E-state index contributed by atoms with van der Waals surface area (Å²) in [6.07, 6.45) is 1.84. The van der Waals surface area contributed by atoms with E-state index in [1.807, 2.05) is 13.8 Å². The number of aromatic amines is 1. The molecule has 1 aromatic heterocycles. The number of nitrogens with two attached hydrogens (primary N) is 1. The third kappa shape index (κ3) is 2.45. The van der Waals surface area contributed by atoms with Crippen LogP contribution >= 0.6 is 0 Å². The minimum absolute atomic E-state index is 0.0938. The van der Waals surface area contributed by atoms with Gasteiger partial charge in [-0.1, -0.05) is 13.8 Å². The zero-order valence-electron chi connectivity index (χ0n) is 9.32. The Balaban J connectivity index is 2.76. The smallest absolute Gasteiger partial charge is 0.291 e. The van der Waals surface area contributed by atoms with Crippen molar-refractivity contribution in [2.45, 2.75) is 32.7 Å². The van der Waals surface area contributed by atoms with Gasteiger partial charge in [0.2, 0.25) is 11.8 Å². The van der Waals surface area contributed by atoms with E-state index >= 15 is 0 Å². The molecule has 0 fully saturated rings. The standard InChI is InChI=1S/C9H17N5O/c1-4-6(5-2)14(3)8(15)7-11-9(10)13-12-7/h6H,4-5H2,1-3H3,(H3,10,11,12,13). The van der Waals surface area contributed by atoms with Crippen molar-refractivity contribution in [2.75, 3.05) is 12.8 Å². The molecule has 0 aliphatic heterocycles. The average Bonchev–Trinajstić information content (AvgIpc) is 2.65. The van der Waals surface area contributed by atoms with E-state index in [4.69, 9.17) is 5.73 Å². The third-order valence-electron chi connectivity index (χ3n) is 2.52. The second-order valence-corrected chi connectivity index (χ2v) is 3.43. The van der Waals surface area contributed by atoms with Gasteiger partial charge in [-0.2, -0.15) is 4.98 Å². The van der Waals surface area contributed by atoms with Crippen LogP contribution < -0.4 is 5.73 Å². The van der Waals surface area contributed by atoms with Crippen LogP contribution in [0.5, 0.6) is 0 Å². The topological polar surface area (TPSA) is 87.9 Å². The maximum absolute atomic E-state index is 11.9. The number of carbonyl (C=O) groups excluding carboxylic acids is 1. The number of rotatable bonds is 4. The van der Waals surface area contributed by atoms with Gasteiger partial charge in [-0.05, 0) is 12.8 Å². The molecular formula is C9H17N5O. The zero-order chi connectivity index (χ0) is 11.4. The van der Waals surface area contributed by atoms with Gasteiger partial charge in [-0.15, -0.1) is 5.10 Å². The number of aromatic nitrogens is 3. The van der Waals surface area contributed by atoms with E-state index in [0.717, 1.165) is 12.8 Å². The maximum atomic E-state index is 11.9. The molecule has 6 nitrogen and oxygen atoms in total. The van der Waals surface area contributed by atoms with Gasteiger partial charge in [0.15, 0.2) is 0 Å². The van der Waals surface area contributed by atoms with Crippen LogP contribution in [0.15, 0.2) is 0 Å². The molecule has 6 heteroatoms. The number of nitrogen functional groups attached to an aromatic ring is 1. The van der Waals surface area contributed by atoms with Crippen molar-refractivity contribution >= 4 is 11.9 Å². The number of nitrogens with one attached hydrogen (secondary N) is 1. The molecule has 1 aromatic rings. The largest absolute Gasteiger partial charge is 0.366 e. The van der Waals surface area contributed by atoms with Crippen molar-refractivity contribution in [1.29, 1.82) is 0 Å². The van der Waals surface area contributed by atoms with Crippen molar-refractivity contribution in [1.82, 2.24) is 20.1 Å². The van der Waals surface area contributed by atoms with Gasteiger partial charge in [-0.3, -0.25) is 9.89 Å². The van der Waals surface area contributed by atoms with Gasteiger partial charge < -0.3 is 10.6 Å². The number of anilines is 1. The first-order valence-corrected chi connectivity index (χ1v) is 5.05. The summed E-state index contributed by atoms with van der Waals surface area (Å²) in [5, 5.41) is 6.14. The quantitative estimate of drug-likeness (QED) is 0.765. The van der Waals surface area contributed by atoms with Crippen molar-refractivity contribution in [3.63, 3.8) is 0 Å². The highest BCUT2D eigenvalue weighted by molar-refractivity contribution is 5.90. The van der Waals surface area contributed by atoms with Crippen LogP contribution in [0.3, 0.4) is 0 Å². The Bertz CT molecular complexity index is 331. The maximum Gasteiger partial charge on any atom is 0.291 e. The van der Waals surface area contributed by atoms with Crippen molar-refractivity contribution < 1.29 is 4.79 Å². The summed E-state index contributed by atoms with van der Waals surface area (Å²) < 4.78 is 0. The Kier molecular flexibility index (Phi) is 3.65. The van der Waals surface area contributed by atoms with Crippen LogP contribution in [-0.2, 0) is 0 Å². The molecule has 1 heterocycles. The number of H-pyrrole nitrogens is 1. The second-order valence-electron chi connectivity index (χ2n) is 3.43. The van der Waals surface area contributed by atoms with Gasteiger partial charge in [0, 0.05) is 13.1 Å². The number of nitrogens with zero attached hydrogens (tertiary/aromatic N) is 3. The van der Waals surface area contributed by atoms with Gasteiger partial charge in [0.1, 0.15) is 0 Å². The first kappa shape index (κ1) is 11.5. The van der Waals surface area contributed by atoms with Gasteiger partial charge in [0.05, 0.1) is 0 Å². The molecule has 0 aliphatic carbocycles. The lowest BCUT2D eigenvalue weighted by molar-refractivity contribution is 0.0712.